The Morgan fingerprint density at radius 3 is 2.47 bits per heavy atom. The van der Waals surface area contributed by atoms with Gasteiger partial charge in [0.25, 0.3) is 0 Å². The van der Waals surface area contributed by atoms with Crippen LogP contribution in [0.5, 0.6) is 0 Å². The van der Waals surface area contributed by atoms with Crippen LogP contribution in [0.25, 0.3) is 0 Å². The zero-order chi connectivity index (χ0) is 22.8. The van der Waals surface area contributed by atoms with E-state index in [0.29, 0.717) is 13.0 Å². The molecule has 0 aromatic heterocycles. The quantitative estimate of drug-likeness (QED) is 0.454. The van der Waals surface area contributed by atoms with Gasteiger partial charge in [-0.1, -0.05) is 0 Å². The maximum atomic E-state index is 12.8. The summed E-state index contributed by atoms with van der Waals surface area (Å²) in [4.78, 5) is 25.0. The number of ketones is 1. The van der Waals surface area contributed by atoms with E-state index in [1.807, 2.05) is 13.8 Å². The Bertz CT molecular complexity index is 759. The molecule has 9 atom stereocenters. The molecule has 180 valence electrons. The van der Waals surface area contributed by atoms with Crippen LogP contribution < -0.4 is 0 Å². The standard InChI is InChI=1S/C23H34O9/c1-22(2,3)21(25)26-9-16-17(24)19-20(31-19)18-14(29-16)8-13-11(30-18)6-7-12-15(28-13)10-27-23(4,5)32-12/h11-16,18-20H,6-10H2,1-5H3/t11-,12+,13+,14-,15-,16+,18-,19+,20-/m1/s1. The van der Waals surface area contributed by atoms with Gasteiger partial charge in [-0.05, 0) is 47.5 Å². The number of carbonyl (C=O) groups excluding carboxylic acids is 2. The smallest absolute Gasteiger partial charge is 0.311 e. The summed E-state index contributed by atoms with van der Waals surface area (Å²) in [6.07, 6.45) is -0.811. The fourth-order valence-electron chi connectivity index (χ4n) is 5.05. The van der Waals surface area contributed by atoms with E-state index < -0.39 is 23.4 Å². The number of carbonyl (C=O) groups is 2. The second kappa shape index (κ2) is 7.99. The zero-order valence-corrected chi connectivity index (χ0v) is 19.4. The highest BCUT2D eigenvalue weighted by Gasteiger charge is 2.61. The van der Waals surface area contributed by atoms with Crippen molar-refractivity contribution in [1.29, 1.82) is 0 Å². The topological polar surface area (TPSA) is 102 Å². The van der Waals surface area contributed by atoms with Crippen LogP contribution in [0.15, 0.2) is 0 Å². The van der Waals surface area contributed by atoms with E-state index in [9.17, 15) is 9.59 Å². The van der Waals surface area contributed by atoms with Gasteiger partial charge in [-0.25, -0.2) is 0 Å². The normalized spacial score (nSPS) is 45.3. The third-order valence-corrected chi connectivity index (χ3v) is 6.87. The van der Waals surface area contributed by atoms with Crippen molar-refractivity contribution in [3.05, 3.63) is 0 Å². The van der Waals surface area contributed by atoms with E-state index in [1.165, 1.54) is 0 Å². The van der Waals surface area contributed by atoms with Crippen LogP contribution in [0, 0.1) is 5.41 Å². The minimum Gasteiger partial charge on any atom is -0.462 e. The van der Waals surface area contributed by atoms with E-state index in [4.69, 9.17) is 33.2 Å². The summed E-state index contributed by atoms with van der Waals surface area (Å²) >= 11 is 0. The number of rotatable bonds is 2. The Hall–Kier alpha value is -1.10. The molecular weight excluding hydrogens is 420 g/mol. The Kier molecular flexibility index (Phi) is 5.66. The van der Waals surface area contributed by atoms with Gasteiger partial charge >= 0.3 is 5.97 Å². The van der Waals surface area contributed by atoms with Gasteiger partial charge in [0.1, 0.15) is 31.0 Å². The van der Waals surface area contributed by atoms with Crippen molar-refractivity contribution in [2.45, 2.75) is 115 Å². The average molecular weight is 455 g/mol. The highest BCUT2D eigenvalue weighted by Crippen LogP contribution is 2.43. The lowest BCUT2D eigenvalue weighted by molar-refractivity contribution is -0.316. The van der Waals surface area contributed by atoms with Crippen molar-refractivity contribution in [1.82, 2.24) is 0 Å². The molecule has 5 aliphatic rings. The third-order valence-electron chi connectivity index (χ3n) is 6.87. The lowest BCUT2D eigenvalue weighted by Gasteiger charge is -2.42. The summed E-state index contributed by atoms with van der Waals surface area (Å²) in [7, 11) is 0. The summed E-state index contributed by atoms with van der Waals surface area (Å²) < 4.78 is 42.0. The molecule has 0 aromatic rings. The van der Waals surface area contributed by atoms with Gasteiger partial charge in [0.05, 0.1) is 36.4 Å². The van der Waals surface area contributed by atoms with Crippen molar-refractivity contribution in [2.75, 3.05) is 13.2 Å². The molecule has 0 bridgehead atoms. The third kappa shape index (κ3) is 4.35. The van der Waals surface area contributed by atoms with Crippen LogP contribution >= 0.6 is 0 Å². The summed E-state index contributed by atoms with van der Waals surface area (Å²) in [6, 6.07) is 0. The van der Waals surface area contributed by atoms with E-state index in [1.54, 1.807) is 20.8 Å². The van der Waals surface area contributed by atoms with Gasteiger partial charge in [-0.2, -0.15) is 0 Å². The number of epoxide rings is 1. The fraction of sp³-hybridized carbons (Fsp3) is 0.913. The Balaban J connectivity index is 1.27. The van der Waals surface area contributed by atoms with Crippen molar-refractivity contribution >= 4 is 11.8 Å². The van der Waals surface area contributed by atoms with Gasteiger partial charge in [-0.3, -0.25) is 9.59 Å². The lowest BCUT2D eigenvalue weighted by Crippen LogP contribution is -2.53. The van der Waals surface area contributed by atoms with Crippen LogP contribution in [-0.2, 0) is 42.7 Å². The molecule has 0 unspecified atom stereocenters. The number of Topliss-reactive ketones (excluding diaryl/α,β-unsaturated/α-hetero) is 1. The molecule has 5 heterocycles. The maximum Gasteiger partial charge on any atom is 0.311 e. The van der Waals surface area contributed by atoms with E-state index in [2.05, 4.69) is 0 Å². The van der Waals surface area contributed by atoms with Crippen LogP contribution in [0.2, 0.25) is 0 Å². The van der Waals surface area contributed by atoms with Gasteiger partial charge < -0.3 is 33.2 Å². The number of hydrogen-bond donors (Lipinski definition) is 0. The molecule has 5 aliphatic heterocycles. The van der Waals surface area contributed by atoms with E-state index in [0.717, 1.165) is 12.8 Å². The molecule has 0 N–H and O–H groups in total. The number of fused-ring (bicyclic) bond motifs is 5. The molecule has 0 saturated carbocycles. The molecule has 9 nitrogen and oxygen atoms in total. The molecule has 9 heteroatoms. The minimum absolute atomic E-state index is 0.0465. The SMILES string of the molecule is CC1(C)OC[C@H]2O[C@H]3C[C@H]4O[C@@H](COC(=O)C(C)(C)C)C(=O)[C@@H]5O[C@@H]5[C@@H]4O[C@@H]3CC[C@@H]2O1. The Labute approximate surface area is 188 Å². The largest absolute Gasteiger partial charge is 0.462 e. The monoisotopic (exact) mass is 454 g/mol. The molecule has 0 amide bonds. The summed E-state index contributed by atoms with van der Waals surface area (Å²) in [5.74, 6) is -1.18. The van der Waals surface area contributed by atoms with Gasteiger partial charge in [0.2, 0.25) is 0 Å². The van der Waals surface area contributed by atoms with Crippen LogP contribution in [0.1, 0.15) is 53.9 Å². The molecule has 5 fully saturated rings. The second-order valence-corrected chi connectivity index (χ2v) is 11.0. The molecule has 0 spiro atoms. The molecule has 5 saturated heterocycles. The number of esters is 1. The molecule has 0 aliphatic carbocycles. The minimum atomic E-state index is -0.868. The number of hydrogen-bond acceptors (Lipinski definition) is 9. The van der Waals surface area contributed by atoms with Crippen LogP contribution in [0.3, 0.4) is 0 Å². The van der Waals surface area contributed by atoms with Crippen molar-refractivity contribution in [3.63, 3.8) is 0 Å². The fourth-order valence-corrected chi connectivity index (χ4v) is 5.05. The van der Waals surface area contributed by atoms with Crippen molar-refractivity contribution in [3.8, 4) is 0 Å². The highest BCUT2D eigenvalue weighted by atomic mass is 16.7. The van der Waals surface area contributed by atoms with E-state index >= 15 is 0 Å². The first kappa shape index (κ1) is 22.7. The van der Waals surface area contributed by atoms with Crippen LogP contribution in [-0.4, -0.2) is 85.7 Å². The summed E-state index contributed by atoms with van der Waals surface area (Å²) in [6.45, 7) is 9.48. The van der Waals surface area contributed by atoms with Gasteiger partial charge in [-0.15, -0.1) is 0 Å². The molecule has 0 aromatic carbocycles. The van der Waals surface area contributed by atoms with Gasteiger partial charge in [0.15, 0.2) is 17.7 Å². The molecule has 32 heavy (non-hydrogen) atoms. The zero-order valence-electron chi connectivity index (χ0n) is 19.4. The van der Waals surface area contributed by atoms with Crippen molar-refractivity contribution in [2.24, 2.45) is 5.41 Å². The highest BCUT2D eigenvalue weighted by molar-refractivity contribution is 5.91. The second-order valence-electron chi connectivity index (χ2n) is 11.0. The first-order chi connectivity index (χ1) is 15.0. The molecular formula is C23H34O9. The first-order valence-electron chi connectivity index (χ1n) is 11.7. The summed E-state index contributed by atoms with van der Waals surface area (Å²) in [5, 5.41) is 0. The predicted molar refractivity (Wildman–Crippen MR) is 109 cm³/mol. The first-order valence-corrected chi connectivity index (χ1v) is 11.7. The van der Waals surface area contributed by atoms with Gasteiger partial charge in [0, 0.05) is 6.42 Å². The van der Waals surface area contributed by atoms with Crippen LogP contribution in [0.4, 0.5) is 0 Å². The number of ether oxygens (including phenoxy) is 7. The average Bonchev–Trinajstić information content (AvgIpc) is 3.51. The summed E-state index contributed by atoms with van der Waals surface area (Å²) in [5.41, 5.74) is -0.653. The lowest BCUT2D eigenvalue weighted by atomic mass is 9.93. The predicted octanol–water partition coefficient (Wildman–Crippen LogP) is 1.54. The van der Waals surface area contributed by atoms with E-state index in [-0.39, 0.29) is 61.1 Å². The molecule has 5 rings (SSSR count). The maximum absolute atomic E-state index is 12.8. The Morgan fingerprint density at radius 1 is 0.969 bits per heavy atom. The Morgan fingerprint density at radius 2 is 1.72 bits per heavy atom. The molecule has 0 radical (unpaired) electrons. The van der Waals surface area contributed by atoms with Crippen molar-refractivity contribution < 1.29 is 42.7 Å².